The molecule has 3 aliphatic rings. The highest BCUT2D eigenvalue weighted by atomic mass is 32.2. The Morgan fingerprint density at radius 2 is 2.29 bits per heavy atom. The van der Waals surface area contributed by atoms with E-state index in [1.165, 1.54) is 43.7 Å². The van der Waals surface area contributed by atoms with Crippen LogP contribution in [0.4, 0.5) is 0 Å². The van der Waals surface area contributed by atoms with E-state index < -0.39 is 0 Å². The monoisotopic (exact) mass is 213 g/mol. The summed E-state index contributed by atoms with van der Waals surface area (Å²) in [5.41, 5.74) is 0. The third-order valence-electron chi connectivity index (χ3n) is 3.80. The third-order valence-corrected chi connectivity index (χ3v) is 5.03. The second kappa shape index (κ2) is 4.03. The van der Waals surface area contributed by atoms with E-state index in [4.69, 9.17) is 4.74 Å². The van der Waals surface area contributed by atoms with Gasteiger partial charge >= 0.3 is 0 Å². The fourth-order valence-corrected chi connectivity index (χ4v) is 4.20. The molecular weight excluding hydrogens is 194 g/mol. The summed E-state index contributed by atoms with van der Waals surface area (Å²) >= 11 is 2.11. The number of rotatable bonds is 3. The van der Waals surface area contributed by atoms with E-state index in [2.05, 4.69) is 17.1 Å². The smallest absolute Gasteiger partial charge is 0.0733 e. The van der Waals surface area contributed by atoms with Gasteiger partial charge in [-0.2, -0.15) is 11.8 Å². The Morgan fingerprint density at radius 3 is 2.93 bits per heavy atom. The number of nitrogens with one attached hydrogen (secondary N) is 1. The van der Waals surface area contributed by atoms with E-state index in [0.717, 1.165) is 5.92 Å². The van der Waals surface area contributed by atoms with Gasteiger partial charge in [0.2, 0.25) is 0 Å². The van der Waals surface area contributed by atoms with Crippen LogP contribution in [0, 0.1) is 5.92 Å². The molecule has 3 heteroatoms. The van der Waals surface area contributed by atoms with Crippen LogP contribution in [0.15, 0.2) is 0 Å². The molecular formula is C11H19NOS. The van der Waals surface area contributed by atoms with Crippen LogP contribution in [0.3, 0.4) is 0 Å². The summed E-state index contributed by atoms with van der Waals surface area (Å²) in [5, 5.41) is 3.72. The molecule has 0 aliphatic carbocycles. The molecule has 0 aromatic rings. The molecule has 3 aliphatic heterocycles. The lowest BCUT2D eigenvalue weighted by Gasteiger charge is -2.21. The summed E-state index contributed by atoms with van der Waals surface area (Å²) in [6, 6.07) is 0.680. The highest BCUT2D eigenvalue weighted by molar-refractivity contribution is 7.99. The number of fused-ring (bicyclic) bond motifs is 2. The molecule has 0 spiro atoms. The minimum absolute atomic E-state index is 0.550. The quantitative estimate of drug-likeness (QED) is 0.770. The van der Waals surface area contributed by atoms with Crippen LogP contribution in [0.1, 0.15) is 25.7 Å². The van der Waals surface area contributed by atoms with Crippen molar-refractivity contribution in [3.05, 3.63) is 0 Å². The first kappa shape index (κ1) is 9.49. The maximum Gasteiger partial charge on any atom is 0.0733 e. The van der Waals surface area contributed by atoms with Crippen molar-refractivity contribution in [1.82, 2.24) is 5.32 Å². The molecule has 2 bridgehead atoms. The van der Waals surface area contributed by atoms with Crippen molar-refractivity contribution in [1.29, 1.82) is 0 Å². The molecule has 0 aromatic carbocycles. The van der Waals surface area contributed by atoms with Crippen LogP contribution in [0.5, 0.6) is 0 Å². The lowest BCUT2D eigenvalue weighted by Crippen LogP contribution is -2.40. The van der Waals surface area contributed by atoms with Gasteiger partial charge in [0.1, 0.15) is 0 Å². The third kappa shape index (κ3) is 1.82. The first-order valence-corrected chi connectivity index (χ1v) is 7.04. The maximum absolute atomic E-state index is 5.83. The van der Waals surface area contributed by atoms with Crippen LogP contribution in [-0.4, -0.2) is 36.3 Å². The highest BCUT2D eigenvalue weighted by Gasteiger charge is 2.40. The van der Waals surface area contributed by atoms with Crippen LogP contribution in [-0.2, 0) is 4.74 Å². The number of hydrogen-bond acceptors (Lipinski definition) is 3. The molecule has 1 N–H and O–H groups in total. The predicted octanol–water partition coefficient (Wildman–Crippen LogP) is 1.65. The van der Waals surface area contributed by atoms with Crippen LogP contribution < -0.4 is 5.32 Å². The summed E-state index contributed by atoms with van der Waals surface area (Å²) < 4.78 is 5.83. The van der Waals surface area contributed by atoms with Crippen molar-refractivity contribution in [2.75, 3.05) is 18.1 Å². The summed E-state index contributed by atoms with van der Waals surface area (Å²) in [6.45, 7) is 1.23. The van der Waals surface area contributed by atoms with Crippen molar-refractivity contribution in [2.24, 2.45) is 5.92 Å². The molecule has 0 aromatic heterocycles. The van der Waals surface area contributed by atoms with Crippen LogP contribution >= 0.6 is 11.8 Å². The van der Waals surface area contributed by atoms with Gasteiger partial charge < -0.3 is 10.1 Å². The van der Waals surface area contributed by atoms with Crippen molar-refractivity contribution < 1.29 is 4.74 Å². The molecule has 4 unspecified atom stereocenters. The molecule has 2 nitrogen and oxygen atoms in total. The first-order chi connectivity index (χ1) is 6.92. The van der Waals surface area contributed by atoms with Crippen molar-refractivity contribution in [2.45, 2.75) is 43.9 Å². The topological polar surface area (TPSA) is 21.3 Å². The number of thioether (sulfide) groups is 1. The Kier molecular flexibility index (Phi) is 2.73. The molecule has 3 rings (SSSR count). The van der Waals surface area contributed by atoms with Crippen molar-refractivity contribution in [3.8, 4) is 0 Å². The minimum Gasteiger partial charge on any atom is -0.373 e. The predicted molar refractivity (Wildman–Crippen MR) is 59.7 cm³/mol. The SMILES string of the molecule is C1CC(CNC2CC3CCC2O3)CS1. The zero-order valence-electron chi connectivity index (χ0n) is 8.58. The van der Waals surface area contributed by atoms with Crippen LogP contribution in [0.2, 0.25) is 0 Å². The highest BCUT2D eigenvalue weighted by Crippen LogP contribution is 2.34. The van der Waals surface area contributed by atoms with Gasteiger partial charge in [-0.15, -0.1) is 0 Å². The Morgan fingerprint density at radius 1 is 1.29 bits per heavy atom. The zero-order chi connectivity index (χ0) is 9.38. The summed E-state index contributed by atoms with van der Waals surface area (Å²) in [7, 11) is 0. The van der Waals surface area contributed by atoms with Crippen LogP contribution in [0.25, 0.3) is 0 Å². The fraction of sp³-hybridized carbons (Fsp3) is 1.00. The van der Waals surface area contributed by atoms with E-state index in [9.17, 15) is 0 Å². The van der Waals surface area contributed by atoms with E-state index in [0.29, 0.717) is 18.2 Å². The van der Waals surface area contributed by atoms with E-state index in [1.807, 2.05) is 0 Å². The maximum atomic E-state index is 5.83. The van der Waals surface area contributed by atoms with Gasteiger partial charge in [0, 0.05) is 6.04 Å². The number of ether oxygens (including phenoxy) is 1. The fourth-order valence-electron chi connectivity index (χ4n) is 2.92. The van der Waals surface area contributed by atoms with Gasteiger partial charge in [0.15, 0.2) is 0 Å². The zero-order valence-corrected chi connectivity index (χ0v) is 9.39. The van der Waals surface area contributed by atoms with E-state index >= 15 is 0 Å². The van der Waals surface area contributed by atoms with E-state index in [-0.39, 0.29) is 0 Å². The Hall–Kier alpha value is 0.270. The van der Waals surface area contributed by atoms with E-state index in [1.54, 1.807) is 0 Å². The molecule has 80 valence electrons. The first-order valence-electron chi connectivity index (χ1n) is 5.88. The average Bonchev–Trinajstić information content (AvgIpc) is 2.91. The standard InChI is InChI=1S/C11H19NOS/c1-2-11-10(5-9(1)13-11)12-6-8-3-4-14-7-8/h8-12H,1-7H2. The average molecular weight is 213 g/mol. The van der Waals surface area contributed by atoms with Gasteiger partial charge in [-0.1, -0.05) is 0 Å². The molecule has 3 fully saturated rings. The second-order valence-electron chi connectivity index (χ2n) is 4.85. The number of hydrogen-bond donors (Lipinski definition) is 1. The Bertz CT molecular complexity index is 205. The normalized spacial score (nSPS) is 46.3. The molecule has 0 radical (unpaired) electrons. The van der Waals surface area contributed by atoms with Gasteiger partial charge in [-0.3, -0.25) is 0 Å². The lowest BCUT2D eigenvalue weighted by atomic mass is 9.95. The van der Waals surface area contributed by atoms with Crippen molar-refractivity contribution in [3.63, 3.8) is 0 Å². The molecule has 3 saturated heterocycles. The molecule has 14 heavy (non-hydrogen) atoms. The largest absolute Gasteiger partial charge is 0.373 e. The Balaban J connectivity index is 1.44. The summed E-state index contributed by atoms with van der Waals surface area (Å²) in [6.07, 6.45) is 6.43. The second-order valence-corrected chi connectivity index (χ2v) is 6.00. The minimum atomic E-state index is 0.550. The molecule has 0 amide bonds. The Labute approximate surface area is 90.2 Å². The summed E-state index contributed by atoms with van der Waals surface area (Å²) in [5.74, 6) is 3.67. The van der Waals surface area contributed by atoms with Crippen molar-refractivity contribution >= 4 is 11.8 Å². The molecule has 3 heterocycles. The van der Waals surface area contributed by atoms with Gasteiger partial charge in [0.25, 0.3) is 0 Å². The van der Waals surface area contributed by atoms with Gasteiger partial charge in [-0.25, -0.2) is 0 Å². The van der Waals surface area contributed by atoms with Gasteiger partial charge in [0.05, 0.1) is 12.2 Å². The lowest BCUT2D eigenvalue weighted by molar-refractivity contribution is 0.0971. The summed E-state index contributed by atoms with van der Waals surface area (Å²) in [4.78, 5) is 0. The molecule has 4 atom stereocenters. The molecule has 0 saturated carbocycles. The van der Waals surface area contributed by atoms with Gasteiger partial charge in [-0.05, 0) is 49.7 Å².